The van der Waals surface area contributed by atoms with Crippen LogP contribution in [0.25, 0.3) is 0 Å². The molecule has 0 radical (unpaired) electrons. The van der Waals surface area contributed by atoms with Crippen LogP contribution in [0.3, 0.4) is 0 Å². The number of nitriles is 1. The maximum absolute atomic E-state index is 15.7. The summed E-state index contributed by atoms with van der Waals surface area (Å²) in [6, 6.07) is 14.9. The van der Waals surface area contributed by atoms with Gasteiger partial charge in [-0.25, -0.2) is 18.4 Å². The second-order valence-electron chi connectivity index (χ2n) is 11.4. The third-order valence-electron chi connectivity index (χ3n) is 7.41. The molecule has 1 saturated heterocycles. The minimum Gasteiger partial charge on any atom is -0.478 e. The van der Waals surface area contributed by atoms with Crippen LogP contribution in [0.15, 0.2) is 60.7 Å². The molecule has 0 unspecified atom stereocenters. The standard InChI is InChI=1S/C31H29Cl2F2N3O3/c1-30(2,3)14-20-16-38(29(41)37-15-18-7-9-19(10-8-18)28(39)40)27(22-5-4-6-24(33)26(22)35)31(20,17-36)23-12-11-21(32)13-25(23)34/h4-13,20,27H,14-16H2,1-3H3,(H,37,41)(H,39,40)/t20-,27-,31-/m0/s1. The summed E-state index contributed by atoms with van der Waals surface area (Å²) < 4.78 is 31.4. The molecule has 0 spiro atoms. The normalized spacial score (nSPS) is 20.5. The number of nitrogens with one attached hydrogen (secondary N) is 1. The van der Waals surface area contributed by atoms with E-state index in [0.717, 1.165) is 6.07 Å². The van der Waals surface area contributed by atoms with Crippen LogP contribution in [-0.2, 0) is 12.0 Å². The number of carbonyl (C=O) groups is 2. The number of amides is 2. The van der Waals surface area contributed by atoms with Gasteiger partial charge >= 0.3 is 12.0 Å². The Morgan fingerprint density at radius 3 is 2.39 bits per heavy atom. The van der Waals surface area contributed by atoms with Gasteiger partial charge in [-0.1, -0.05) is 74.3 Å². The Morgan fingerprint density at radius 1 is 1.12 bits per heavy atom. The number of halogens is 4. The minimum absolute atomic E-state index is 0.00855. The van der Waals surface area contributed by atoms with E-state index in [1.165, 1.54) is 47.4 Å². The number of aromatic carboxylic acids is 1. The van der Waals surface area contributed by atoms with E-state index in [1.807, 2.05) is 20.8 Å². The lowest BCUT2D eigenvalue weighted by atomic mass is 9.63. The Kier molecular flexibility index (Phi) is 8.62. The summed E-state index contributed by atoms with van der Waals surface area (Å²) in [7, 11) is 0. The quantitative estimate of drug-likeness (QED) is 0.303. The van der Waals surface area contributed by atoms with E-state index in [2.05, 4.69) is 11.4 Å². The van der Waals surface area contributed by atoms with Crippen molar-refractivity contribution in [1.29, 1.82) is 5.26 Å². The third kappa shape index (κ3) is 6.02. The van der Waals surface area contributed by atoms with Crippen molar-refractivity contribution in [2.75, 3.05) is 6.54 Å². The van der Waals surface area contributed by atoms with Crippen molar-refractivity contribution in [2.24, 2.45) is 11.3 Å². The number of carboxylic acids is 1. The van der Waals surface area contributed by atoms with Crippen molar-refractivity contribution in [2.45, 2.75) is 45.2 Å². The first-order valence-electron chi connectivity index (χ1n) is 13.0. The molecule has 214 valence electrons. The molecular formula is C31H29Cl2F2N3O3. The van der Waals surface area contributed by atoms with Gasteiger partial charge in [0.25, 0.3) is 0 Å². The lowest BCUT2D eigenvalue weighted by molar-refractivity contribution is 0.0696. The second-order valence-corrected chi connectivity index (χ2v) is 12.3. The molecule has 41 heavy (non-hydrogen) atoms. The number of carbonyl (C=O) groups excluding carboxylic acids is 1. The summed E-state index contributed by atoms with van der Waals surface area (Å²) >= 11 is 12.2. The summed E-state index contributed by atoms with van der Waals surface area (Å²) in [6.45, 7) is 6.01. The summed E-state index contributed by atoms with van der Waals surface area (Å²) in [5, 5.41) is 22.8. The van der Waals surface area contributed by atoms with Crippen molar-refractivity contribution >= 4 is 35.2 Å². The number of nitrogens with zero attached hydrogens (tertiary/aromatic N) is 2. The van der Waals surface area contributed by atoms with Crippen LogP contribution in [0.5, 0.6) is 0 Å². The number of benzene rings is 3. The Balaban J connectivity index is 1.85. The number of urea groups is 1. The van der Waals surface area contributed by atoms with E-state index in [9.17, 15) is 14.9 Å². The highest BCUT2D eigenvalue weighted by atomic mass is 35.5. The summed E-state index contributed by atoms with van der Waals surface area (Å²) in [6.07, 6.45) is 0.418. The Morgan fingerprint density at radius 2 is 1.80 bits per heavy atom. The van der Waals surface area contributed by atoms with Crippen LogP contribution in [0, 0.1) is 34.3 Å². The first-order valence-corrected chi connectivity index (χ1v) is 13.7. The number of hydrogen-bond acceptors (Lipinski definition) is 3. The van der Waals surface area contributed by atoms with Crippen LogP contribution in [0.4, 0.5) is 13.6 Å². The monoisotopic (exact) mass is 599 g/mol. The molecule has 2 N–H and O–H groups in total. The first kappa shape index (κ1) is 30.3. The first-order chi connectivity index (χ1) is 19.3. The van der Waals surface area contributed by atoms with Crippen molar-refractivity contribution < 1.29 is 23.5 Å². The topological polar surface area (TPSA) is 93.4 Å². The Hall–Kier alpha value is -3.67. The van der Waals surface area contributed by atoms with Gasteiger partial charge in [-0.3, -0.25) is 0 Å². The molecule has 1 aliphatic heterocycles. The van der Waals surface area contributed by atoms with Gasteiger partial charge in [0.15, 0.2) is 0 Å². The molecule has 0 bridgehead atoms. The van der Waals surface area contributed by atoms with Gasteiger partial charge in [-0.05, 0) is 47.7 Å². The zero-order valence-electron chi connectivity index (χ0n) is 22.7. The van der Waals surface area contributed by atoms with Gasteiger partial charge in [0.1, 0.15) is 17.0 Å². The lowest BCUT2D eigenvalue weighted by Gasteiger charge is -2.38. The van der Waals surface area contributed by atoms with Crippen LogP contribution in [0.2, 0.25) is 10.0 Å². The van der Waals surface area contributed by atoms with Gasteiger partial charge in [-0.2, -0.15) is 5.26 Å². The zero-order valence-corrected chi connectivity index (χ0v) is 24.2. The van der Waals surface area contributed by atoms with Crippen LogP contribution < -0.4 is 5.32 Å². The number of hydrogen-bond donors (Lipinski definition) is 2. The summed E-state index contributed by atoms with van der Waals surface area (Å²) in [4.78, 5) is 26.3. The summed E-state index contributed by atoms with van der Waals surface area (Å²) in [5.41, 5.74) is -1.27. The average Bonchev–Trinajstić information content (AvgIpc) is 3.22. The molecule has 3 aromatic rings. The van der Waals surface area contributed by atoms with Crippen LogP contribution in [-0.4, -0.2) is 28.6 Å². The largest absolute Gasteiger partial charge is 0.478 e. The molecular weight excluding hydrogens is 571 g/mol. The van der Waals surface area contributed by atoms with Gasteiger partial charge < -0.3 is 15.3 Å². The summed E-state index contributed by atoms with van der Waals surface area (Å²) in [5.74, 6) is -3.19. The maximum atomic E-state index is 15.7. The molecule has 3 atom stereocenters. The minimum atomic E-state index is -1.69. The van der Waals surface area contributed by atoms with Crippen molar-refractivity contribution in [3.63, 3.8) is 0 Å². The fourth-order valence-corrected chi connectivity index (χ4v) is 6.06. The fourth-order valence-electron chi connectivity index (χ4n) is 5.71. The molecule has 3 aromatic carbocycles. The highest BCUT2D eigenvalue weighted by Gasteiger charge is 2.60. The van der Waals surface area contributed by atoms with E-state index in [0.29, 0.717) is 12.0 Å². The van der Waals surface area contributed by atoms with E-state index >= 15 is 8.78 Å². The highest BCUT2D eigenvalue weighted by Crippen LogP contribution is 2.56. The van der Waals surface area contributed by atoms with E-state index in [4.69, 9.17) is 28.3 Å². The Labute approximate surface area is 247 Å². The van der Waals surface area contributed by atoms with Crippen LogP contribution in [0.1, 0.15) is 60.3 Å². The van der Waals surface area contributed by atoms with Crippen molar-refractivity contribution in [3.8, 4) is 6.07 Å². The second kappa shape index (κ2) is 11.7. The van der Waals surface area contributed by atoms with Crippen molar-refractivity contribution in [1.82, 2.24) is 10.2 Å². The van der Waals surface area contributed by atoms with Gasteiger partial charge in [0.2, 0.25) is 0 Å². The molecule has 1 aliphatic rings. The molecule has 0 saturated carbocycles. The maximum Gasteiger partial charge on any atom is 0.335 e. The molecule has 2 amide bonds. The third-order valence-corrected chi connectivity index (χ3v) is 7.93. The Bertz CT molecular complexity index is 1520. The predicted octanol–water partition coefficient (Wildman–Crippen LogP) is 7.75. The molecule has 1 heterocycles. The molecule has 10 heteroatoms. The molecule has 6 nitrogen and oxygen atoms in total. The van der Waals surface area contributed by atoms with Gasteiger partial charge in [-0.15, -0.1) is 0 Å². The molecule has 0 aliphatic carbocycles. The van der Waals surface area contributed by atoms with E-state index < -0.39 is 41.0 Å². The highest BCUT2D eigenvalue weighted by molar-refractivity contribution is 6.31. The number of rotatable bonds is 6. The lowest BCUT2D eigenvalue weighted by Crippen LogP contribution is -2.44. The zero-order chi connectivity index (χ0) is 30.1. The SMILES string of the molecule is CC(C)(C)C[C@H]1CN(C(=O)NCc2ccc(C(=O)O)cc2)[C@@H](c2cccc(Cl)c2F)[C@]1(C#N)c1ccc(Cl)cc1F. The molecule has 4 rings (SSSR count). The fraction of sp³-hybridized carbons (Fsp3) is 0.323. The van der Waals surface area contributed by atoms with E-state index in [1.54, 1.807) is 12.1 Å². The van der Waals surface area contributed by atoms with Crippen molar-refractivity contribution in [3.05, 3.63) is 105 Å². The number of carboxylic acid groups (broad SMARTS) is 1. The smallest absolute Gasteiger partial charge is 0.335 e. The van der Waals surface area contributed by atoms with Gasteiger partial charge in [0.05, 0.1) is 22.7 Å². The predicted molar refractivity (Wildman–Crippen MR) is 153 cm³/mol. The number of likely N-dealkylation sites (tertiary alicyclic amines) is 1. The molecule has 0 aromatic heterocycles. The van der Waals surface area contributed by atoms with Crippen LogP contribution >= 0.6 is 23.2 Å². The van der Waals surface area contributed by atoms with E-state index in [-0.39, 0.29) is 45.2 Å². The average molecular weight is 600 g/mol. The molecule has 1 fully saturated rings. The van der Waals surface area contributed by atoms with Gasteiger partial charge in [0, 0.05) is 35.2 Å².